The lowest BCUT2D eigenvalue weighted by molar-refractivity contribution is -0.149. The third-order valence-electron chi connectivity index (χ3n) is 2.83. The summed E-state index contributed by atoms with van der Waals surface area (Å²) in [6, 6.07) is 10.1. The summed E-state index contributed by atoms with van der Waals surface area (Å²) < 4.78 is 5.09. The van der Waals surface area contributed by atoms with Crippen molar-refractivity contribution in [3.63, 3.8) is 0 Å². The average molecular weight is 235 g/mol. The van der Waals surface area contributed by atoms with E-state index in [4.69, 9.17) is 4.74 Å². The highest BCUT2D eigenvalue weighted by molar-refractivity contribution is 5.73. The maximum absolute atomic E-state index is 11.8. The van der Waals surface area contributed by atoms with Crippen LogP contribution < -0.4 is 0 Å². The fourth-order valence-corrected chi connectivity index (χ4v) is 2.09. The van der Waals surface area contributed by atoms with E-state index in [-0.39, 0.29) is 17.9 Å². The molecule has 3 heteroatoms. The van der Waals surface area contributed by atoms with Gasteiger partial charge in [0.2, 0.25) is 0 Å². The van der Waals surface area contributed by atoms with E-state index in [0.29, 0.717) is 6.61 Å². The molecule has 1 aromatic rings. The molecular weight excluding hydrogens is 214 g/mol. The van der Waals surface area contributed by atoms with Crippen molar-refractivity contribution < 1.29 is 9.53 Å². The number of carbonyl (C=O) groups is 1. The van der Waals surface area contributed by atoms with Gasteiger partial charge in [-0.15, -0.1) is 0 Å². The van der Waals surface area contributed by atoms with E-state index in [9.17, 15) is 4.79 Å². The molecule has 17 heavy (non-hydrogen) atoms. The second kappa shape index (κ2) is 6.40. The van der Waals surface area contributed by atoms with E-state index in [1.165, 1.54) is 0 Å². The van der Waals surface area contributed by atoms with E-state index >= 15 is 0 Å². The number of rotatable bonds is 5. The first-order chi connectivity index (χ1) is 8.07. The molecule has 0 unspecified atom stereocenters. The molecule has 0 heterocycles. The van der Waals surface area contributed by atoms with Crippen LogP contribution in [0.5, 0.6) is 0 Å². The van der Waals surface area contributed by atoms with Crippen molar-refractivity contribution in [3.05, 3.63) is 35.9 Å². The zero-order valence-corrected chi connectivity index (χ0v) is 11.0. The van der Waals surface area contributed by atoms with Crippen molar-refractivity contribution in [2.24, 2.45) is 5.92 Å². The molecule has 0 bridgehead atoms. The predicted octanol–water partition coefficient (Wildman–Crippen LogP) is 2.49. The number of benzene rings is 1. The van der Waals surface area contributed by atoms with Gasteiger partial charge < -0.3 is 9.64 Å². The van der Waals surface area contributed by atoms with Crippen LogP contribution >= 0.6 is 0 Å². The van der Waals surface area contributed by atoms with Gasteiger partial charge in [-0.25, -0.2) is 0 Å². The van der Waals surface area contributed by atoms with Crippen LogP contribution in [-0.2, 0) is 9.53 Å². The monoisotopic (exact) mass is 235 g/mol. The number of hydrogen-bond acceptors (Lipinski definition) is 3. The summed E-state index contributed by atoms with van der Waals surface area (Å²) >= 11 is 0. The first-order valence-corrected chi connectivity index (χ1v) is 5.96. The molecule has 0 fully saturated rings. The fraction of sp³-hybridized carbons (Fsp3) is 0.500. The fourth-order valence-electron chi connectivity index (χ4n) is 2.09. The van der Waals surface area contributed by atoms with Gasteiger partial charge >= 0.3 is 5.97 Å². The number of ether oxygens (including phenoxy) is 1. The standard InChI is InChI=1S/C14H21NO2/c1-5-17-14(16)11(2)13(15(3)4)12-9-7-6-8-10-12/h6-11,13H,5H2,1-4H3/t11-,13+/m1/s1. The summed E-state index contributed by atoms with van der Waals surface area (Å²) in [5, 5.41) is 0. The molecule has 0 aliphatic heterocycles. The number of carbonyl (C=O) groups excluding carboxylic acids is 1. The molecule has 94 valence electrons. The van der Waals surface area contributed by atoms with Gasteiger partial charge in [-0.3, -0.25) is 4.79 Å². The Morgan fingerprint density at radius 1 is 1.29 bits per heavy atom. The van der Waals surface area contributed by atoms with Gasteiger partial charge in [-0.05, 0) is 26.6 Å². The van der Waals surface area contributed by atoms with E-state index in [2.05, 4.69) is 4.90 Å². The van der Waals surface area contributed by atoms with E-state index < -0.39 is 0 Å². The molecule has 2 atom stereocenters. The summed E-state index contributed by atoms with van der Waals surface area (Å²) in [6.45, 7) is 4.17. The first kappa shape index (κ1) is 13.7. The molecule has 0 aliphatic rings. The topological polar surface area (TPSA) is 29.5 Å². The van der Waals surface area contributed by atoms with Crippen molar-refractivity contribution in [2.45, 2.75) is 19.9 Å². The number of esters is 1. The highest BCUT2D eigenvalue weighted by Gasteiger charge is 2.28. The Morgan fingerprint density at radius 2 is 1.88 bits per heavy atom. The molecule has 3 nitrogen and oxygen atoms in total. The lowest BCUT2D eigenvalue weighted by Gasteiger charge is -2.29. The average Bonchev–Trinajstić information content (AvgIpc) is 2.30. The Kier molecular flexibility index (Phi) is 5.16. The van der Waals surface area contributed by atoms with Crippen LogP contribution in [-0.4, -0.2) is 31.6 Å². The number of nitrogens with zero attached hydrogens (tertiary/aromatic N) is 1. The molecule has 0 saturated carbocycles. The largest absolute Gasteiger partial charge is 0.466 e. The summed E-state index contributed by atoms with van der Waals surface area (Å²) in [7, 11) is 3.96. The second-order valence-corrected chi connectivity index (χ2v) is 4.36. The highest BCUT2D eigenvalue weighted by atomic mass is 16.5. The Balaban J connectivity index is 2.90. The van der Waals surface area contributed by atoms with Gasteiger partial charge in [0.25, 0.3) is 0 Å². The van der Waals surface area contributed by atoms with Crippen LogP contribution in [0.1, 0.15) is 25.5 Å². The molecule has 1 rings (SSSR count). The van der Waals surface area contributed by atoms with Gasteiger partial charge in [-0.2, -0.15) is 0 Å². The second-order valence-electron chi connectivity index (χ2n) is 4.36. The number of hydrogen-bond donors (Lipinski definition) is 0. The first-order valence-electron chi connectivity index (χ1n) is 5.96. The molecule has 1 aromatic carbocycles. The van der Waals surface area contributed by atoms with Crippen molar-refractivity contribution in [3.8, 4) is 0 Å². The Hall–Kier alpha value is -1.35. The summed E-state index contributed by atoms with van der Waals surface area (Å²) in [4.78, 5) is 13.9. The van der Waals surface area contributed by atoms with Crippen LogP contribution in [0.25, 0.3) is 0 Å². The van der Waals surface area contributed by atoms with Gasteiger partial charge in [0.05, 0.1) is 12.5 Å². The third-order valence-corrected chi connectivity index (χ3v) is 2.83. The highest BCUT2D eigenvalue weighted by Crippen LogP contribution is 2.27. The Bertz CT molecular complexity index is 348. The lowest BCUT2D eigenvalue weighted by atomic mass is 9.93. The zero-order valence-electron chi connectivity index (χ0n) is 11.0. The van der Waals surface area contributed by atoms with Gasteiger partial charge in [0.1, 0.15) is 0 Å². The molecule has 0 aliphatic carbocycles. The van der Waals surface area contributed by atoms with Crippen molar-refractivity contribution >= 4 is 5.97 Å². The summed E-state index contributed by atoms with van der Waals surface area (Å²) in [5.41, 5.74) is 1.14. The molecule has 0 N–H and O–H groups in total. The molecule has 0 spiro atoms. The minimum Gasteiger partial charge on any atom is -0.466 e. The summed E-state index contributed by atoms with van der Waals surface area (Å²) in [5.74, 6) is -0.317. The minimum absolute atomic E-state index is 0.0512. The molecule has 0 aromatic heterocycles. The normalized spacial score (nSPS) is 14.4. The van der Waals surface area contributed by atoms with Crippen molar-refractivity contribution in [1.29, 1.82) is 0 Å². The smallest absolute Gasteiger partial charge is 0.310 e. The van der Waals surface area contributed by atoms with Crippen molar-refractivity contribution in [1.82, 2.24) is 4.90 Å². The van der Waals surface area contributed by atoms with E-state index in [1.54, 1.807) is 0 Å². The minimum atomic E-state index is -0.174. The van der Waals surface area contributed by atoms with E-state index in [0.717, 1.165) is 5.56 Å². The predicted molar refractivity (Wildman–Crippen MR) is 68.7 cm³/mol. The van der Waals surface area contributed by atoms with Gasteiger partial charge in [0, 0.05) is 6.04 Å². The molecule has 0 saturated heterocycles. The molecular formula is C14H21NO2. The maximum Gasteiger partial charge on any atom is 0.310 e. The van der Waals surface area contributed by atoms with Crippen LogP contribution in [0.15, 0.2) is 30.3 Å². The SMILES string of the molecule is CCOC(=O)[C@H](C)[C@@H](c1ccccc1)N(C)C. The molecule has 0 amide bonds. The van der Waals surface area contributed by atoms with Crippen LogP contribution in [0.4, 0.5) is 0 Å². The van der Waals surface area contributed by atoms with Crippen molar-refractivity contribution in [2.75, 3.05) is 20.7 Å². The van der Waals surface area contributed by atoms with E-state index in [1.807, 2.05) is 58.3 Å². The van der Waals surface area contributed by atoms with Crippen LogP contribution in [0.3, 0.4) is 0 Å². The summed E-state index contributed by atoms with van der Waals surface area (Å²) in [6.07, 6.45) is 0. The van der Waals surface area contributed by atoms with Gasteiger partial charge in [-0.1, -0.05) is 37.3 Å². The van der Waals surface area contributed by atoms with Gasteiger partial charge in [0.15, 0.2) is 0 Å². The third kappa shape index (κ3) is 3.56. The quantitative estimate of drug-likeness (QED) is 0.734. The molecule has 0 radical (unpaired) electrons. The Labute approximate surface area is 103 Å². The van der Waals surface area contributed by atoms with Crippen LogP contribution in [0.2, 0.25) is 0 Å². The zero-order chi connectivity index (χ0) is 12.8. The van der Waals surface area contributed by atoms with Crippen LogP contribution in [0, 0.1) is 5.92 Å². The maximum atomic E-state index is 11.8. The lowest BCUT2D eigenvalue weighted by Crippen LogP contribution is -2.31. The Morgan fingerprint density at radius 3 is 2.35 bits per heavy atom.